The van der Waals surface area contributed by atoms with Crippen LogP contribution in [0.15, 0.2) is 9.64 Å². The Morgan fingerprint density at radius 1 is 1.44 bits per heavy atom. The average Bonchev–Trinajstić information content (AvgIpc) is 2.54. The van der Waals surface area contributed by atoms with Crippen LogP contribution in [0.2, 0.25) is 0 Å². The maximum Gasteiger partial charge on any atom is 0.256 e. The van der Waals surface area contributed by atoms with Gasteiger partial charge in [0, 0.05) is 18.3 Å². The zero-order valence-corrected chi connectivity index (χ0v) is 11.5. The monoisotopic (exact) mass is 242 g/mol. The molecule has 0 aromatic carbocycles. The standard InChI is InChI=1S/C12H22N2OS/c1-5-6-9(2)13-7-8-16-12-14-10(3)11(4)15-12/h9,13H,5-8H2,1-4H3. The van der Waals surface area contributed by atoms with E-state index in [9.17, 15) is 0 Å². The smallest absolute Gasteiger partial charge is 0.256 e. The number of nitrogens with zero attached hydrogens (tertiary/aromatic N) is 1. The molecule has 92 valence electrons. The summed E-state index contributed by atoms with van der Waals surface area (Å²) >= 11 is 1.68. The van der Waals surface area contributed by atoms with Gasteiger partial charge < -0.3 is 9.73 Å². The van der Waals surface area contributed by atoms with Gasteiger partial charge in [-0.25, -0.2) is 4.98 Å². The maximum absolute atomic E-state index is 5.49. The first-order valence-corrected chi connectivity index (χ1v) is 6.92. The van der Waals surface area contributed by atoms with E-state index in [0.29, 0.717) is 6.04 Å². The third kappa shape index (κ3) is 4.58. The lowest BCUT2D eigenvalue weighted by molar-refractivity contribution is 0.430. The summed E-state index contributed by atoms with van der Waals surface area (Å²) in [7, 11) is 0. The minimum atomic E-state index is 0.610. The van der Waals surface area contributed by atoms with Crippen LogP contribution in [-0.2, 0) is 0 Å². The molecule has 1 rings (SSSR count). The van der Waals surface area contributed by atoms with Crippen molar-refractivity contribution < 1.29 is 4.42 Å². The molecule has 4 heteroatoms. The Bertz CT molecular complexity index is 292. The molecule has 0 bridgehead atoms. The summed E-state index contributed by atoms with van der Waals surface area (Å²) in [5, 5.41) is 4.28. The van der Waals surface area contributed by atoms with Gasteiger partial charge in [-0.2, -0.15) is 0 Å². The molecule has 3 nitrogen and oxygen atoms in total. The second-order valence-corrected chi connectivity index (χ2v) is 5.16. The van der Waals surface area contributed by atoms with Crippen LogP contribution >= 0.6 is 11.8 Å². The number of thioether (sulfide) groups is 1. The quantitative estimate of drug-likeness (QED) is 0.589. The van der Waals surface area contributed by atoms with Crippen molar-refractivity contribution in [2.75, 3.05) is 12.3 Å². The van der Waals surface area contributed by atoms with Crippen LogP contribution in [0.3, 0.4) is 0 Å². The van der Waals surface area contributed by atoms with E-state index >= 15 is 0 Å². The Balaban J connectivity index is 2.16. The van der Waals surface area contributed by atoms with Crippen LogP contribution in [0.25, 0.3) is 0 Å². The SMILES string of the molecule is CCCC(C)NCCSc1nc(C)c(C)o1. The van der Waals surface area contributed by atoms with Crippen molar-refractivity contribution in [3.05, 3.63) is 11.5 Å². The van der Waals surface area contributed by atoms with Crippen molar-refractivity contribution in [3.63, 3.8) is 0 Å². The minimum Gasteiger partial charge on any atom is -0.437 e. The van der Waals surface area contributed by atoms with Crippen LogP contribution in [0.4, 0.5) is 0 Å². The fourth-order valence-electron chi connectivity index (χ4n) is 1.48. The molecule has 1 aromatic rings. The normalized spacial score (nSPS) is 13.0. The lowest BCUT2D eigenvalue weighted by atomic mass is 10.2. The molecule has 0 aliphatic rings. The number of aryl methyl sites for hydroxylation is 2. The highest BCUT2D eigenvalue weighted by Gasteiger charge is 2.05. The Morgan fingerprint density at radius 2 is 2.19 bits per heavy atom. The number of nitrogens with one attached hydrogen (secondary N) is 1. The summed E-state index contributed by atoms with van der Waals surface area (Å²) in [4.78, 5) is 4.33. The first-order valence-electron chi connectivity index (χ1n) is 5.93. The summed E-state index contributed by atoms with van der Waals surface area (Å²) in [6, 6.07) is 0.610. The van der Waals surface area contributed by atoms with E-state index < -0.39 is 0 Å². The highest BCUT2D eigenvalue weighted by molar-refractivity contribution is 7.99. The molecule has 0 amide bonds. The number of aromatic nitrogens is 1. The van der Waals surface area contributed by atoms with Gasteiger partial charge in [0.1, 0.15) is 5.76 Å². The van der Waals surface area contributed by atoms with Crippen LogP contribution in [-0.4, -0.2) is 23.3 Å². The van der Waals surface area contributed by atoms with E-state index in [1.54, 1.807) is 11.8 Å². The van der Waals surface area contributed by atoms with Crippen molar-refractivity contribution in [1.29, 1.82) is 0 Å². The Morgan fingerprint density at radius 3 is 2.75 bits per heavy atom. The van der Waals surface area contributed by atoms with Gasteiger partial charge in [-0.05, 0) is 27.2 Å². The predicted molar refractivity (Wildman–Crippen MR) is 69.1 cm³/mol. The molecule has 1 atom stereocenters. The molecule has 1 aromatic heterocycles. The Labute approximate surface area is 102 Å². The third-order valence-corrected chi connectivity index (χ3v) is 3.38. The second-order valence-electron chi connectivity index (χ2n) is 4.11. The van der Waals surface area contributed by atoms with Crippen LogP contribution < -0.4 is 5.32 Å². The van der Waals surface area contributed by atoms with Gasteiger partial charge in [0.25, 0.3) is 5.22 Å². The molecule has 0 radical (unpaired) electrons. The molecule has 16 heavy (non-hydrogen) atoms. The van der Waals surface area contributed by atoms with Gasteiger partial charge in [0.2, 0.25) is 0 Å². The lowest BCUT2D eigenvalue weighted by Gasteiger charge is -2.11. The lowest BCUT2D eigenvalue weighted by Crippen LogP contribution is -2.27. The topological polar surface area (TPSA) is 38.1 Å². The minimum absolute atomic E-state index is 0.610. The van der Waals surface area contributed by atoms with Gasteiger partial charge in [-0.15, -0.1) is 0 Å². The fraction of sp³-hybridized carbons (Fsp3) is 0.750. The van der Waals surface area contributed by atoms with Crippen molar-refractivity contribution in [1.82, 2.24) is 10.3 Å². The highest BCUT2D eigenvalue weighted by Crippen LogP contribution is 2.19. The van der Waals surface area contributed by atoms with Gasteiger partial charge in [-0.1, -0.05) is 25.1 Å². The van der Waals surface area contributed by atoms with E-state index in [4.69, 9.17) is 4.42 Å². The van der Waals surface area contributed by atoms with Crippen molar-refractivity contribution >= 4 is 11.8 Å². The zero-order chi connectivity index (χ0) is 12.0. The molecule has 1 N–H and O–H groups in total. The number of hydrogen-bond acceptors (Lipinski definition) is 4. The largest absolute Gasteiger partial charge is 0.437 e. The maximum atomic E-state index is 5.49. The molecule has 0 aliphatic carbocycles. The summed E-state index contributed by atoms with van der Waals surface area (Å²) in [5.41, 5.74) is 0.995. The summed E-state index contributed by atoms with van der Waals surface area (Å²) in [6.07, 6.45) is 2.47. The summed E-state index contributed by atoms with van der Waals surface area (Å²) in [6.45, 7) is 9.38. The predicted octanol–water partition coefficient (Wildman–Crippen LogP) is 3.16. The molecule has 0 fully saturated rings. The van der Waals surface area contributed by atoms with E-state index in [-0.39, 0.29) is 0 Å². The van der Waals surface area contributed by atoms with Gasteiger partial charge >= 0.3 is 0 Å². The van der Waals surface area contributed by atoms with Crippen LogP contribution in [0.5, 0.6) is 0 Å². The molecule has 0 saturated carbocycles. The second kappa shape index (κ2) is 6.97. The highest BCUT2D eigenvalue weighted by atomic mass is 32.2. The zero-order valence-electron chi connectivity index (χ0n) is 10.7. The first kappa shape index (κ1) is 13.6. The van der Waals surface area contributed by atoms with Crippen molar-refractivity contribution in [2.24, 2.45) is 0 Å². The third-order valence-electron chi connectivity index (χ3n) is 2.55. The molecule has 1 heterocycles. The Kier molecular flexibility index (Phi) is 5.91. The van der Waals surface area contributed by atoms with Gasteiger partial charge in [0.15, 0.2) is 0 Å². The van der Waals surface area contributed by atoms with Crippen molar-refractivity contribution in [2.45, 2.75) is 51.8 Å². The summed E-state index contributed by atoms with van der Waals surface area (Å²) < 4.78 is 5.49. The molecule has 0 aliphatic heterocycles. The number of oxazole rings is 1. The molecule has 1 unspecified atom stereocenters. The van der Waals surface area contributed by atoms with E-state index in [2.05, 4.69) is 24.1 Å². The van der Waals surface area contributed by atoms with Crippen LogP contribution in [0, 0.1) is 13.8 Å². The van der Waals surface area contributed by atoms with E-state index in [0.717, 1.165) is 29.0 Å². The van der Waals surface area contributed by atoms with Gasteiger partial charge in [0.05, 0.1) is 5.69 Å². The first-order chi connectivity index (χ1) is 7.63. The fourth-order valence-corrected chi connectivity index (χ4v) is 2.26. The van der Waals surface area contributed by atoms with E-state index in [1.807, 2.05) is 13.8 Å². The van der Waals surface area contributed by atoms with Crippen LogP contribution in [0.1, 0.15) is 38.1 Å². The average molecular weight is 242 g/mol. The Hall–Kier alpha value is -0.480. The number of hydrogen-bond donors (Lipinski definition) is 1. The van der Waals surface area contributed by atoms with Crippen molar-refractivity contribution in [3.8, 4) is 0 Å². The molecular formula is C12H22N2OS. The summed E-state index contributed by atoms with van der Waals surface area (Å²) in [5.74, 6) is 1.93. The number of rotatable bonds is 7. The molecule has 0 spiro atoms. The van der Waals surface area contributed by atoms with E-state index in [1.165, 1.54) is 12.8 Å². The molecule has 0 saturated heterocycles. The van der Waals surface area contributed by atoms with Gasteiger partial charge in [-0.3, -0.25) is 0 Å². The molecular weight excluding hydrogens is 220 g/mol.